The molecule has 0 saturated carbocycles. The maximum Gasteiger partial charge on any atom is 0.267 e. The van der Waals surface area contributed by atoms with Crippen molar-refractivity contribution in [3.63, 3.8) is 0 Å². The first-order chi connectivity index (χ1) is 11.9. The summed E-state index contributed by atoms with van der Waals surface area (Å²) in [6.07, 6.45) is 0. The summed E-state index contributed by atoms with van der Waals surface area (Å²) in [4.78, 5) is 26.6. The fraction of sp³-hybridized carbons (Fsp3) is 0.200. The molecule has 2 amide bonds. The van der Waals surface area contributed by atoms with Crippen molar-refractivity contribution in [2.75, 3.05) is 16.8 Å². The van der Waals surface area contributed by atoms with Crippen LogP contribution >= 0.6 is 0 Å². The average Bonchev–Trinajstić information content (AvgIpc) is 2.87. The molecule has 1 aliphatic rings. The summed E-state index contributed by atoms with van der Waals surface area (Å²) >= 11 is 0. The first-order valence-corrected chi connectivity index (χ1v) is 8.06. The molecule has 25 heavy (non-hydrogen) atoms. The van der Waals surface area contributed by atoms with E-state index in [0.717, 1.165) is 16.7 Å². The number of aryl methyl sites for hydroxylation is 3. The molecule has 0 unspecified atom stereocenters. The van der Waals surface area contributed by atoms with E-state index in [1.165, 1.54) is 4.90 Å². The Morgan fingerprint density at radius 3 is 2.44 bits per heavy atom. The fourth-order valence-corrected chi connectivity index (χ4v) is 2.79. The second-order valence-corrected chi connectivity index (χ2v) is 6.25. The zero-order valence-electron chi connectivity index (χ0n) is 14.5. The topological polar surface area (TPSA) is 69.6 Å². The SMILES string of the molecule is Cc1ccc(N2CC(O)=C(C(=O)Nc3ccccc3C)C2=O)cc1C. The Morgan fingerprint density at radius 1 is 1.04 bits per heavy atom. The molecule has 128 valence electrons. The number of para-hydroxylation sites is 1. The minimum atomic E-state index is -0.594. The van der Waals surface area contributed by atoms with E-state index in [4.69, 9.17) is 0 Å². The van der Waals surface area contributed by atoms with Gasteiger partial charge >= 0.3 is 0 Å². The van der Waals surface area contributed by atoms with Gasteiger partial charge in [-0.25, -0.2) is 0 Å². The number of nitrogens with zero attached hydrogens (tertiary/aromatic N) is 1. The van der Waals surface area contributed by atoms with Crippen LogP contribution in [0.25, 0.3) is 0 Å². The second-order valence-electron chi connectivity index (χ2n) is 6.25. The van der Waals surface area contributed by atoms with Gasteiger partial charge in [0.2, 0.25) is 0 Å². The molecule has 0 aromatic heterocycles. The number of aliphatic hydroxyl groups excluding tert-OH is 1. The highest BCUT2D eigenvalue weighted by molar-refractivity contribution is 6.29. The van der Waals surface area contributed by atoms with Gasteiger partial charge in [0, 0.05) is 11.4 Å². The third-order valence-electron chi connectivity index (χ3n) is 4.48. The van der Waals surface area contributed by atoms with Gasteiger partial charge in [-0.3, -0.25) is 9.59 Å². The number of anilines is 2. The summed E-state index contributed by atoms with van der Waals surface area (Å²) in [5.74, 6) is -1.30. The van der Waals surface area contributed by atoms with Gasteiger partial charge in [-0.1, -0.05) is 24.3 Å². The summed E-state index contributed by atoms with van der Waals surface area (Å²) in [5, 5.41) is 12.9. The molecule has 0 bridgehead atoms. The number of aliphatic hydroxyl groups is 1. The minimum absolute atomic E-state index is 0.00212. The van der Waals surface area contributed by atoms with Crippen molar-refractivity contribution in [1.82, 2.24) is 0 Å². The van der Waals surface area contributed by atoms with Gasteiger partial charge in [0.15, 0.2) is 0 Å². The van der Waals surface area contributed by atoms with Crippen LogP contribution in [0.4, 0.5) is 11.4 Å². The summed E-state index contributed by atoms with van der Waals surface area (Å²) in [7, 11) is 0. The molecule has 0 fully saturated rings. The van der Waals surface area contributed by atoms with Crippen LogP contribution in [0.5, 0.6) is 0 Å². The van der Waals surface area contributed by atoms with Crippen LogP contribution in [0.2, 0.25) is 0 Å². The highest BCUT2D eigenvalue weighted by Gasteiger charge is 2.36. The number of carbonyl (C=O) groups excluding carboxylic acids is 2. The molecule has 2 N–H and O–H groups in total. The third-order valence-corrected chi connectivity index (χ3v) is 4.48. The molecule has 3 rings (SSSR count). The highest BCUT2D eigenvalue weighted by atomic mass is 16.3. The zero-order valence-corrected chi connectivity index (χ0v) is 14.5. The Labute approximate surface area is 146 Å². The van der Waals surface area contributed by atoms with Gasteiger partial charge in [0.05, 0.1) is 6.54 Å². The van der Waals surface area contributed by atoms with E-state index < -0.39 is 11.8 Å². The first-order valence-electron chi connectivity index (χ1n) is 8.06. The smallest absolute Gasteiger partial charge is 0.267 e. The number of carbonyl (C=O) groups is 2. The Balaban J connectivity index is 1.84. The lowest BCUT2D eigenvalue weighted by molar-refractivity contribution is -0.119. The molecular weight excluding hydrogens is 316 g/mol. The predicted molar refractivity (Wildman–Crippen MR) is 97.7 cm³/mol. The lowest BCUT2D eigenvalue weighted by atomic mass is 10.1. The van der Waals surface area contributed by atoms with Crippen LogP contribution in [0.3, 0.4) is 0 Å². The summed E-state index contributed by atoms with van der Waals surface area (Å²) in [6.45, 7) is 5.81. The van der Waals surface area contributed by atoms with Crippen LogP contribution in [0.1, 0.15) is 16.7 Å². The normalized spacial score (nSPS) is 14.2. The molecule has 2 aromatic carbocycles. The van der Waals surface area contributed by atoms with Crippen molar-refractivity contribution in [1.29, 1.82) is 0 Å². The van der Waals surface area contributed by atoms with E-state index in [1.807, 2.05) is 51.1 Å². The molecule has 0 atom stereocenters. The van der Waals surface area contributed by atoms with Crippen LogP contribution in [0, 0.1) is 20.8 Å². The molecule has 0 radical (unpaired) electrons. The van der Waals surface area contributed by atoms with Gasteiger partial charge in [-0.05, 0) is 55.7 Å². The van der Waals surface area contributed by atoms with E-state index in [2.05, 4.69) is 5.32 Å². The number of benzene rings is 2. The van der Waals surface area contributed by atoms with Crippen molar-refractivity contribution < 1.29 is 14.7 Å². The number of rotatable bonds is 3. The Bertz CT molecular complexity index is 900. The Kier molecular flexibility index (Phi) is 4.31. The average molecular weight is 336 g/mol. The first kappa shape index (κ1) is 16.8. The standard InChI is InChI=1S/C20H20N2O3/c1-12-8-9-15(10-14(12)3)22-11-17(23)18(20(22)25)19(24)21-16-7-5-4-6-13(16)2/h4-10,23H,11H2,1-3H3,(H,21,24). The number of hydrogen-bond acceptors (Lipinski definition) is 3. The van der Waals surface area contributed by atoms with Gasteiger partial charge in [-0.15, -0.1) is 0 Å². The van der Waals surface area contributed by atoms with E-state index >= 15 is 0 Å². The molecule has 0 saturated heterocycles. The van der Waals surface area contributed by atoms with Crippen molar-refractivity contribution in [3.05, 3.63) is 70.5 Å². The van der Waals surface area contributed by atoms with Crippen molar-refractivity contribution in [3.8, 4) is 0 Å². The summed E-state index contributed by atoms with van der Waals surface area (Å²) < 4.78 is 0. The van der Waals surface area contributed by atoms with Gasteiger partial charge in [0.1, 0.15) is 11.3 Å². The Hall–Kier alpha value is -3.08. The van der Waals surface area contributed by atoms with E-state index in [0.29, 0.717) is 11.4 Å². The fourth-order valence-electron chi connectivity index (χ4n) is 2.79. The van der Waals surface area contributed by atoms with E-state index in [-0.39, 0.29) is 17.9 Å². The predicted octanol–water partition coefficient (Wildman–Crippen LogP) is 3.41. The Morgan fingerprint density at radius 2 is 1.76 bits per heavy atom. The zero-order chi connectivity index (χ0) is 18.1. The molecule has 1 aliphatic heterocycles. The molecule has 2 aromatic rings. The molecule has 1 heterocycles. The largest absolute Gasteiger partial charge is 0.509 e. The second kappa shape index (κ2) is 6.43. The van der Waals surface area contributed by atoms with Gasteiger partial charge in [-0.2, -0.15) is 0 Å². The number of amides is 2. The lowest BCUT2D eigenvalue weighted by Crippen LogP contribution is -2.30. The molecule has 5 heteroatoms. The lowest BCUT2D eigenvalue weighted by Gasteiger charge is -2.17. The monoisotopic (exact) mass is 336 g/mol. The van der Waals surface area contributed by atoms with Gasteiger partial charge < -0.3 is 15.3 Å². The molecule has 0 spiro atoms. The highest BCUT2D eigenvalue weighted by Crippen LogP contribution is 2.27. The van der Waals surface area contributed by atoms with Crippen LogP contribution in [-0.2, 0) is 9.59 Å². The van der Waals surface area contributed by atoms with Crippen LogP contribution in [-0.4, -0.2) is 23.5 Å². The quantitative estimate of drug-likeness (QED) is 0.844. The van der Waals surface area contributed by atoms with Crippen molar-refractivity contribution >= 4 is 23.2 Å². The summed E-state index contributed by atoms with van der Waals surface area (Å²) in [5.41, 5.74) is 4.12. The molecular formula is C20H20N2O3. The maximum atomic E-state index is 12.7. The molecule has 5 nitrogen and oxygen atoms in total. The molecule has 0 aliphatic carbocycles. The minimum Gasteiger partial charge on any atom is -0.509 e. The van der Waals surface area contributed by atoms with Crippen LogP contribution < -0.4 is 10.2 Å². The number of hydrogen-bond donors (Lipinski definition) is 2. The summed E-state index contributed by atoms with van der Waals surface area (Å²) in [6, 6.07) is 12.9. The van der Waals surface area contributed by atoms with E-state index in [9.17, 15) is 14.7 Å². The third kappa shape index (κ3) is 3.13. The van der Waals surface area contributed by atoms with E-state index in [1.54, 1.807) is 12.1 Å². The number of nitrogens with one attached hydrogen (secondary N) is 1. The van der Waals surface area contributed by atoms with Crippen molar-refractivity contribution in [2.24, 2.45) is 0 Å². The van der Waals surface area contributed by atoms with Gasteiger partial charge in [0.25, 0.3) is 11.8 Å². The maximum absolute atomic E-state index is 12.7. The van der Waals surface area contributed by atoms with Crippen molar-refractivity contribution in [2.45, 2.75) is 20.8 Å². The van der Waals surface area contributed by atoms with Crippen LogP contribution in [0.15, 0.2) is 53.8 Å².